The third kappa shape index (κ3) is 3.01. The summed E-state index contributed by atoms with van der Waals surface area (Å²) in [5.41, 5.74) is 3.71. The van der Waals surface area contributed by atoms with Gasteiger partial charge >= 0.3 is 0 Å². The Morgan fingerprint density at radius 1 is 0.875 bits per heavy atom. The Morgan fingerprint density at radius 3 is 2.42 bits per heavy atom. The van der Waals surface area contributed by atoms with Gasteiger partial charge in [0.15, 0.2) is 0 Å². The van der Waals surface area contributed by atoms with Gasteiger partial charge in [-0.25, -0.2) is 9.97 Å². The topological polar surface area (TPSA) is 37.8 Å². The maximum atomic E-state index is 4.48. The first kappa shape index (κ1) is 14.8. The molecule has 2 aromatic carbocycles. The zero-order chi connectivity index (χ0) is 16.2. The molecular weight excluding hydrogens is 314 g/mol. The zero-order valence-electron chi connectivity index (χ0n) is 13.1. The lowest BCUT2D eigenvalue weighted by atomic mass is 10.1. The van der Waals surface area contributed by atoms with Crippen molar-refractivity contribution in [3.8, 4) is 11.1 Å². The summed E-state index contributed by atoms with van der Waals surface area (Å²) in [6.45, 7) is 0.847. The van der Waals surface area contributed by atoms with E-state index in [2.05, 4.69) is 69.2 Å². The van der Waals surface area contributed by atoms with E-state index >= 15 is 0 Å². The summed E-state index contributed by atoms with van der Waals surface area (Å²) < 4.78 is 0. The van der Waals surface area contributed by atoms with Gasteiger partial charge in [0.25, 0.3) is 0 Å². The van der Waals surface area contributed by atoms with Gasteiger partial charge in [-0.05, 0) is 17.5 Å². The number of rotatable bonds is 5. The quantitative estimate of drug-likeness (QED) is 0.558. The van der Waals surface area contributed by atoms with Crippen molar-refractivity contribution in [2.45, 2.75) is 6.42 Å². The Bertz CT molecular complexity index is 933. The van der Waals surface area contributed by atoms with Crippen LogP contribution in [0.15, 0.2) is 72.4 Å². The summed E-state index contributed by atoms with van der Waals surface area (Å²) in [5.74, 6) is 0.913. The Morgan fingerprint density at radius 2 is 1.62 bits per heavy atom. The molecule has 0 saturated carbocycles. The maximum Gasteiger partial charge on any atom is 0.138 e. The van der Waals surface area contributed by atoms with E-state index in [-0.39, 0.29) is 0 Å². The SMILES string of the molecule is c1ccc(CCNc2ncnc3scc(-c4ccccc4)c23)cc1. The Balaban J connectivity index is 1.62. The Kier molecular flexibility index (Phi) is 4.21. The van der Waals surface area contributed by atoms with Crippen LogP contribution in [0.1, 0.15) is 5.56 Å². The summed E-state index contributed by atoms with van der Waals surface area (Å²) in [5, 5.41) is 6.76. The summed E-state index contributed by atoms with van der Waals surface area (Å²) >= 11 is 1.66. The van der Waals surface area contributed by atoms with Crippen molar-refractivity contribution in [3.05, 3.63) is 77.9 Å². The molecule has 0 radical (unpaired) electrons. The van der Waals surface area contributed by atoms with Crippen molar-refractivity contribution in [1.29, 1.82) is 0 Å². The first-order valence-electron chi connectivity index (χ1n) is 7.97. The molecule has 0 saturated heterocycles. The molecule has 0 spiro atoms. The molecule has 2 heterocycles. The molecule has 3 nitrogen and oxygen atoms in total. The molecule has 4 heteroatoms. The highest BCUT2D eigenvalue weighted by Crippen LogP contribution is 2.36. The van der Waals surface area contributed by atoms with E-state index in [0.717, 1.165) is 29.0 Å². The number of benzene rings is 2. The lowest BCUT2D eigenvalue weighted by molar-refractivity contribution is 1.01. The van der Waals surface area contributed by atoms with Gasteiger partial charge in [0, 0.05) is 17.5 Å². The molecule has 0 atom stereocenters. The molecule has 4 rings (SSSR count). The van der Waals surface area contributed by atoms with Gasteiger partial charge in [-0.2, -0.15) is 0 Å². The average molecular weight is 331 g/mol. The number of thiophene rings is 1. The number of nitrogens with zero attached hydrogens (tertiary/aromatic N) is 2. The normalized spacial score (nSPS) is 10.8. The van der Waals surface area contributed by atoms with Crippen LogP contribution in [0.2, 0.25) is 0 Å². The van der Waals surface area contributed by atoms with Crippen molar-refractivity contribution in [1.82, 2.24) is 9.97 Å². The summed E-state index contributed by atoms with van der Waals surface area (Å²) in [4.78, 5) is 9.92. The number of nitrogens with one attached hydrogen (secondary N) is 1. The van der Waals surface area contributed by atoms with Crippen LogP contribution in [-0.2, 0) is 6.42 Å². The molecule has 0 aliphatic heterocycles. The molecule has 0 unspecified atom stereocenters. The molecule has 1 N–H and O–H groups in total. The van der Waals surface area contributed by atoms with Crippen LogP contribution in [0.3, 0.4) is 0 Å². The van der Waals surface area contributed by atoms with Crippen LogP contribution in [0.5, 0.6) is 0 Å². The lowest BCUT2D eigenvalue weighted by Gasteiger charge is -2.08. The molecule has 0 bridgehead atoms. The van der Waals surface area contributed by atoms with Gasteiger partial charge in [-0.3, -0.25) is 0 Å². The number of fused-ring (bicyclic) bond motifs is 1. The minimum Gasteiger partial charge on any atom is -0.369 e. The van der Waals surface area contributed by atoms with Crippen molar-refractivity contribution < 1.29 is 0 Å². The molecule has 0 amide bonds. The van der Waals surface area contributed by atoms with Crippen molar-refractivity contribution in [2.75, 3.05) is 11.9 Å². The Labute approximate surface area is 145 Å². The molecule has 2 aromatic heterocycles. The second kappa shape index (κ2) is 6.81. The standard InChI is InChI=1S/C20H17N3S/c1-3-7-15(8-4-1)11-12-21-19-18-17(16-9-5-2-6-10-16)13-24-20(18)23-14-22-19/h1-10,13-14H,11-12H2,(H,21,22,23). The number of hydrogen-bond donors (Lipinski definition) is 1. The minimum absolute atomic E-state index is 0.847. The summed E-state index contributed by atoms with van der Waals surface area (Å²) in [6, 6.07) is 20.9. The van der Waals surface area contributed by atoms with Gasteiger partial charge in [0.1, 0.15) is 17.0 Å². The summed E-state index contributed by atoms with van der Waals surface area (Å²) in [6.07, 6.45) is 2.61. The van der Waals surface area contributed by atoms with E-state index in [1.807, 2.05) is 12.1 Å². The number of aromatic nitrogens is 2. The van der Waals surface area contributed by atoms with Crippen LogP contribution in [-0.4, -0.2) is 16.5 Å². The molecule has 118 valence electrons. The minimum atomic E-state index is 0.847. The third-order valence-electron chi connectivity index (χ3n) is 4.00. The number of hydrogen-bond acceptors (Lipinski definition) is 4. The Hall–Kier alpha value is -2.72. The zero-order valence-corrected chi connectivity index (χ0v) is 14.0. The van der Waals surface area contributed by atoms with E-state index in [0.29, 0.717) is 0 Å². The fraction of sp³-hybridized carbons (Fsp3) is 0.100. The van der Waals surface area contributed by atoms with Gasteiger partial charge in [0.05, 0.1) is 5.39 Å². The summed E-state index contributed by atoms with van der Waals surface area (Å²) in [7, 11) is 0. The van der Waals surface area contributed by atoms with Crippen molar-refractivity contribution in [3.63, 3.8) is 0 Å². The van der Waals surface area contributed by atoms with E-state index < -0.39 is 0 Å². The predicted molar refractivity (Wildman–Crippen MR) is 101 cm³/mol. The molecule has 0 fully saturated rings. The van der Waals surface area contributed by atoms with E-state index in [9.17, 15) is 0 Å². The van der Waals surface area contributed by atoms with Crippen molar-refractivity contribution >= 4 is 27.4 Å². The van der Waals surface area contributed by atoms with E-state index in [1.165, 1.54) is 16.7 Å². The van der Waals surface area contributed by atoms with Gasteiger partial charge < -0.3 is 5.32 Å². The first-order chi connectivity index (χ1) is 11.9. The second-order valence-electron chi connectivity index (χ2n) is 5.58. The largest absolute Gasteiger partial charge is 0.369 e. The fourth-order valence-corrected chi connectivity index (χ4v) is 3.73. The smallest absolute Gasteiger partial charge is 0.138 e. The lowest BCUT2D eigenvalue weighted by Crippen LogP contribution is -2.06. The first-order valence-corrected chi connectivity index (χ1v) is 8.85. The van der Waals surface area contributed by atoms with Crippen LogP contribution in [0, 0.1) is 0 Å². The molecule has 0 aliphatic carbocycles. The third-order valence-corrected chi connectivity index (χ3v) is 4.89. The highest BCUT2D eigenvalue weighted by atomic mass is 32.1. The molecule has 4 aromatic rings. The maximum absolute atomic E-state index is 4.48. The van der Waals surface area contributed by atoms with E-state index in [4.69, 9.17) is 0 Å². The van der Waals surface area contributed by atoms with Gasteiger partial charge in [-0.1, -0.05) is 60.7 Å². The van der Waals surface area contributed by atoms with Gasteiger partial charge in [0.2, 0.25) is 0 Å². The second-order valence-corrected chi connectivity index (χ2v) is 6.44. The highest BCUT2D eigenvalue weighted by Gasteiger charge is 2.12. The van der Waals surface area contributed by atoms with Gasteiger partial charge in [-0.15, -0.1) is 11.3 Å². The number of anilines is 1. The fourth-order valence-electron chi connectivity index (χ4n) is 2.81. The molecule has 24 heavy (non-hydrogen) atoms. The van der Waals surface area contributed by atoms with E-state index in [1.54, 1.807) is 17.7 Å². The highest BCUT2D eigenvalue weighted by molar-refractivity contribution is 7.17. The van der Waals surface area contributed by atoms with Crippen LogP contribution < -0.4 is 5.32 Å². The van der Waals surface area contributed by atoms with Crippen LogP contribution in [0.4, 0.5) is 5.82 Å². The average Bonchev–Trinajstić information content (AvgIpc) is 3.08. The van der Waals surface area contributed by atoms with Crippen molar-refractivity contribution in [2.24, 2.45) is 0 Å². The predicted octanol–water partition coefficient (Wildman–Crippen LogP) is 5.01. The van der Waals surface area contributed by atoms with Crippen LogP contribution >= 0.6 is 11.3 Å². The molecule has 0 aliphatic rings. The molecular formula is C20H17N3S. The monoisotopic (exact) mass is 331 g/mol. The van der Waals surface area contributed by atoms with Crippen LogP contribution in [0.25, 0.3) is 21.3 Å².